The van der Waals surface area contributed by atoms with Crippen molar-refractivity contribution in [2.24, 2.45) is 0 Å². The van der Waals surface area contributed by atoms with Gasteiger partial charge >= 0.3 is 0 Å². The average Bonchev–Trinajstić information content (AvgIpc) is 2.84. The molecule has 2 aromatic rings. The summed E-state index contributed by atoms with van der Waals surface area (Å²) >= 11 is 0. The second-order valence-corrected chi connectivity index (χ2v) is 9.09. The average molecular weight is 408 g/mol. The van der Waals surface area contributed by atoms with E-state index in [1.165, 1.54) is 51.6 Å². The highest BCUT2D eigenvalue weighted by molar-refractivity contribution is 6.07. The Morgan fingerprint density at radius 3 is 2.10 bits per heavy atom. The van der Waals surface area contributed by atoms with E-state index in [4.69, 9.17) is 0 Å². The summed E-state index contributed by atoms with van der Waals surface area (Å²) in [5.41, 5.74) is 0.516. The fourth-order valence-corrected chi connectivity index (χ4v) is 5.45. The maximum Gasteiger partial charge on any atom is 0.275 e. The molecule has 6 nitrogen and oxygen atoms in total. The van der Waals surface area contributed by atoms with Crippen molar-refractivity contribution in [3.63, 3.8) is 0 Å². The molecule has 3 aliphatic rings. The minimum Gasteiger partial charge on any atom is -0.355 e. The second kappa shape index (κ2) is 8.88. The van der Waals surface area contributed by atoms with Gasteiger partial charge in [-0.15, -0.1) is 10.2 Å². The maximum absolute atomic E-state index is 13.4. The molecule has 160 valence electrons. The Bertz CT molecular complexity index is 880. The Labute approximate surface area is 179 Å². The highest BCUT2D eigenvalue weighted by Gasteiger charge is 2.30. The molecule has 1 aromatic carbocycles. The van der Waals surface area contributed by atoms with Crippen LogP contribution in [-0.4, -0.2) is 71.2 Å². The lowest BCUT2D eigenvalue weighted by molar-refractivity contribution is 0.0586. The molecule has 0 aliphatic carbocycles. The van der Waals surface area contributed by atoms with Crippen LogP contribution < -0.4 is 4.90 Å². The molecular formula is C24H33N5O. The molecule has 0 unspecified atom stereocenters. The molecule has 3 fully saturated rings. The molecule has 0 bridgehead atoms. The number of amides is 1. The van der Waals surface area contributed by atoms with Crippen molar-refractivity contribution in [3.05, 3.63) is 30.0 Å². The second-order valence-electron chi connectivity index (χ2n) is 9.09. The zero-order valence-electron chi connectivity index (χ0n) is 17.9. The number of hydrogen-bond acceptors (Lipinski definition) is 5. The van der Waals surface area contributed by atoms with Gasteiger partial charge in [-0.25, -0.2) is 0 Å². The van der Waals surface area contributed by atoms with Crippen molar-refractivity contribution in [1.29, 1.82) is 0 Å². The molecule has 3 saturated heterocycles. The molecule has 0 N–H and O–H groups in total. The van der Waals surface area contributed by atoms with Gasteiger partial charge in [0.05, 0.1) is 0 Å². The van der Waals surface area contributed by atoms with Crippen LogP contribution >= 0.6 is 0 Å². The summed E-state index contributed by atoms with van der Waals surface area (Å²) in [6.07, 6.45) is 9.84. The first kappa shape index (κ1) is 19.7. The fourth-order valence-electron chi connectivity index (χ4n) is 5.45. The van der Waals surface area contributed by atoms with E-state index in [9.17, 15) is 4.79 Å². The van der Waals surface area contributed by atoms with Gasteiger partial charge in [0.15, 0.2) is 11.5 Å². The number of fused-ring (bicyclic) bond motifs is 1. The van der Waals surface area contributed by atoms with E-state index in [1.807, 2.05) is 23.1 Å². The zero-order chi connectivity index (χ0) is 20.3. The number of piperidine rings is 3. The first-order valence-corrected chi connectivity index (χ1v) is 11.8. The molecule has 3 aliphatic heterocycles. The number of carbonyl (C=O) groups excluding carboxylic acids is 1. The van der Waals surface area contributed by atoms with E-state index >= 15 is 0 Å². The van der Waals surface area contributed by atoms with Gasteiger partial charge in [0, 0.05) is 43.0 Å². The third-order valence-corrected chi connectivity index (χ3v) is 7.18. The first-order chi connectivity index (χ1) is 14.8. The molecule has 0 radical (unpaired) electrons. The maximum atomic E-state index is 13.4. The van der Waals surface area contributed by atoms with E-state index in [2.05, 4.69) is 26.1 Å². The van der Waals surface area contributed by atoms with Crippen molar-refractivity contribution in [2.45, 2.75) is 57.4 Å². The van der Waals surface area contributed by atoms with Crippen LogP contribution in [0.25, 0.3) is 10.8 Å². The number of carbonyl (C=O) groups is 1. The van der Waals surface area contributed by atoms with Gasteiger partial charge in [-0.2, -0.15) is 0 Å². The van der Waals surface area contributed by atoms with Gasteiger partial charge in [0.25, 0.3) is 5.91 Å². The number of aromatic nitrogens is 2. The van der Waals surface area contributed by atoms with Gasteiger partial charge < -0.3 is 14.7 Å². The molecule has 4 heterocycles. The van der Waals surface area contributed by atoms with Crippen LogP contribution in [0.2, 0.25) is 0 Å². The Balaban J connectivity index is 1.34. The largest absolute Gasteiger partial charge is 0.355 e. The quantitative estimate of drug-likeness (QED) is 0.776. The lowest BCUT2D eigenvalue weighted by Crippen LogP contribution is -2.48. The van der Waals surface area contributed by atoms with Crippen LogP contribution in [0.4, 0.5) is 5.82 Å². The Morgan fingerprint density at radius 2 is 1.40 bits per heavy atom. The van der Waals surface area contributed by atoms with E-state index in [1.54, 1.807) is 0 Å². The summed E-state index contributed by atoms with van der Waals surface area (Å²) in [4.78, 5) is 20.4. The molecule has 1 aromatic heterocycles. The minimum absolute atomic E-state index is 0.0426. The summed E-state index contributed by atoms with van der Waals surface area (Å²) < 4.78 is 0. The number of anilines is 1. The van der Waals surface area contributed by atoms with Crippen LogP contribution in [-0.2, 0) is 0 Å². The standard InChI is InChI=1S/C24H33N5O/c30-24(29-17-11-19(12-18-29)27-13-5-1-6-14-27)22-20-9-3-4-10-21(20)23(26-25-22)28-15-7-2-8-16-28/h3-4,9-10,19H,1-2,5-8,11-18H2. The topological polar surface area (TPSA) is 52.6 Å². The number of hydrogen-bond donors (Lipinski definition) is 0. The Morgan fingerprint density at radius 1 is 0.767 bits per heavy atom. The van der Waals surface area contributed by atoms with Gasteiger partial charge in [0.1, 0.15) is 0 Å². The van der Waals surface area contributed by atoms with Crippen LogP contribution in [0.15, 0.2) is 24.3 Å². The molecule has 30 heavy (non-hydrogen) atoms. The van der Waals surface area contributed by atoms with Gasteiger partial charge in [-0.05, 0) is 58.0 Å². The van der Waals surface area contributed by atoms with Crippen LogP contribution in [0.3, 0.4) is 0 Å². The molecular weight excluding hydrogens is 374 g/mol. The summed E-state index contributed by atoms with van der Waals surface area (Å²) in [7, 11) is 0. The van der Waals surface area contributed by atoms with Crippen LogP contribution in [0.5, 0.6) is 0 Å². The molecule has 0 spiro atoms. The smallest absolute Gasteiger partial charge is 0.275 e. The molecule has 6 heteroatoms. The predicted octanol–water partition coefficient (Wildman–Crippen LogP) is 3.71. The predicted molar refractivity (Wildman–Crippen MR) is 120 cm³/mol. The molecule has 5 rings (SSSR count). The highest BCUT2D eigenvalue weighted by atomic mass is 16.2. The van der Waals surface area contributed by atoms with E-state index in [0.717, 1.165) is 55.6 Å². The van der Waals surface area contributed by atoms with Crippen LogP contribution in [0.1, 0.15) is 61.9 Å². The number of likely N-dealkylation sites (tertiary alicyclic amines) is 2. The first-order valence-electron chi connectivity index (χ1n) is 11.8. The van der Waals surface area contributed by atoms with Crippen molar-refractivity contribution in [1.82, 2.24) is 20.0 Å². The monoisotopic (exact) mass is 407 g/mol. The summed E-state index contributed by atoms with van der Waals surface area (Å²) in [5.74, 6) is 0.978. The van der Waals surface area contributed by atoms with Crippen molar-refractivity contribution in [2.75, 3.05) is 44.2 Å². The molecule has 1 amide bonds. The van der Waals surface area contributed by atoms with E-state index in [0.29, 0.717) is 11.7 Å². The Hall–Kier alpha value is -2.21. The lowest BCUT2D eigenvalue weighted by atomic mass is 9.99. The highest BCUT2D eigenvalue weighted by Crippen LogP contribution is 2.29. The normalized spacial score (nSPS) is 21.9. The number of nitrogens with zero attached hydrogens (tertiary/aromatic N) is 5. The van der Waals surface area contributed by atoms with E-state index in [-0.39, 0.29) is 5.91 Å². The third kappa shape index (κ3) is 3.89. The van der Waals surface area contributed by atoms with Crippen molar-refractivity contribution < 1.29 is 4.79 Å². The number of rotatable bonds is 3. The third-order valence-electron chi connectivity index (χ3n) is 7.18. The summed E-state index contributed by atoms with van der Waals surface area (Å²) in [6, 6.07) is 8.80. The van der Waals surface area contributed by atoms with Crippen LogP contribution in [0, 0.1) is 0 Å². The van der Waals surface area contributed by atoms with Crippen molar-refractivity contribution in [3.8, 4) is 0 Å². The van der Waals surface area contributed by atoms with Crippen molar-refractivity contribution >= 4 is 22.5 Å². The zero-order valence-corrected chi connectivity index (χ0v) is 17.9. The fraction of sp³-hybridized carbons (Fsp3) is 0.625. The van der Waals surface area contributed by atoms with E-state index < -0.39 is 0 Å². The number of benzene rings is 1. The molecule has 0 atom stereocenters. The SMILES string of the molecule is O=C(c1nnc(N2CCCCC2)c2ccccc12)N1CCC(N2CCCCC2)CC1. The summed E-state index contributed by atoms with van der Waals surface area (Å²) in [5, 5.41) is 11.0. The van der Waals surface area contributed by atoms with Gasteiger partial charge in [0.2, 0.25) is 0 Å². The molecule has 0 saturated carbocycles. The lowest BCUT2D eigenvalue weighted by Gasteiger charge is -2.40. The minimum atomic E-state index is 0.0426. The summed E-state index contributed by atoms with van der Waals surface area (Å²) in [6.45, 7) is 6.15. The Kier molecular flexibility index (Phi) is 5.84. The van der Waals surface area contributed by atoms with Gasteiger partial charge in [-0.1, -0.05) is 30.7 Å². The van der Waals surface area contributed by atoms with Gasteiger partial charge in [-0.3, -0.25) is 4.79 Å².